The number of phenolic OH excluding ortho intramolecular Hbond substituents is 1. The highest BCUT2D eigenvalue weighted by Crippen LogP contribution is 2.22. The fraction of sp³-hybridized carbons (Fsp3) is 0.160. The first-order chi connectivity index (χ1) is 17.5. The third kappa shape index (κ3) is 7.15. The second-order valence-electron chi connectivity index (χ2n) is 7.94. The lowest BCUT2D eigenvalue weighted by molar-refractivity contribution is -0.139. The lowest BCUT2D eigenvalue weighted by Gasteiger charge is -2.15. The van der Waals surface area contributed by atoms with Crippen molar-refractivity contribution < 1.29 is 39.3 Å². The molecular formula is C25H23N3O8S. The average molecular weight is 526 g/mol. The Morgan fingerprint density at radius 3 is 2.24 bits per heavy atom. The molecule has 0 aliphatic carbocycles. The predicted molar refractivity (Wildman–Crippen MR) is 133 cm³/mol. The van der Waals surface area contributed by atoms with E-state index in [4.69, 9.17) is 5.11 Å². The second-order valence-corrected chi connectivity index (χ2v) is 8.99. The number of aromatic hydroxyl groups is 1. The van der Waals surface area contributed by atoms with E-state index < -0.39 is 42.2 Å². The molecule has 0 aliphatic heterocycles. The van der Waals surface area contributed by atoms with Gasteiger partial charge in [0.15, 0.2) is 0 Å². The van der Waals surface area contributed by atoms with E-state index in [1.165, 1.54) is 36.4 Å². The Bertz CT molecular complexity index is 1370. The molecular weight excluding hydrogens is 502 g/mol. The van der Waals surface area contributed by atoms with E-state index in [-0.39, 0.29) is 33.2 Å². The lowest BCUT2D eigenvalue weighted by Crippen LogP contribution is -2.48. The topological polar surface area (TPSA) is 182 Å². The number of aryl methyl sites for hydroxylation is 1. The molecule has 0 saturated heterocycles. The maximum absolute atomic E-state index is 12.8. The van der Waals surface area contributed by atoms with Crippen molar-refractivity contribution >= 4 is 41.0 Å². The normalized spacial score (nSPS) is 11.3. The van der Waals surface area contributed by atoms with Gasteiger partial charge >= 0.3 is 11.9 Å². The van der Waals surface area contributed by atoms with Crippen molar-refractivity contribution in [1.82, 2.24) is 16.0 Å². The quantitative estimate of drug-likeness (QED) is 0.232. The van der Waals surface area contributed by atoms with Crippen LogP contribution in [0.5, 0.6) is 5.75 Å². The summed E-state index contributed by atoms with van der Waals surface area (Å²) >= 11 is 0.884. The number of aliphatic carboxylic acids is 1. The summed E-state index contributed by atoms with van der Waals surface area (Å²) in [4.78, 5) is 60.8. The molecule has 6 N–H and O–H groups in total. The van der Waals surface area contributed by atoms with Crippen molar-refractivity contribution in [1.29, 1.82) is 0 Å². The number of benzene rings is 2. The van der Waals surface area contributed by atoms with Crippen molar-refractivity contribution in [3.63, 3.8) is 0 Å². The Morgan fingerprint density at radius 2 is 1.57 bits per heavy atom. The number of aromatic carboxylic acids is 1. The molecule has 192 valence electrons. The molecule has 3 aromatic rings. The second kappa shape index (κ2) is 11.8. The van der Waals surface area contributed by atoms with E-state index >= 15 is 0 Å². The number of carboxylic acids is 2. The Labute approximate surface area is 214 Å². The highest BCUT2D eigenvalue weighted by atomic mass is 32.1. The van der Waals surface area contributed by atoms with Gasteiger partial charge in [0.2, 0.25) is 0 Å². The van der Waals surface area contributed by atoms with Gasteiger partial charge in [-0.1, -0.05) is 18.2 Å². The molecule has 0 spiro atoms. The smallest absolute Gasteiger partial charge is 0.335 e. The Kier molecular flexibility index (Phi) is 8.59. The van der Waals surface area contributed by atoms with Gasteiger partial charge in [-0.15, -0.1) is 11.3 Å². The summed E-state index contributed by atoms with van der Waals surface area (Å²) in [6.07, 6.45) is 0. The highest BCUT2D eigenvalue weighted by Gasteiger charge is 2.25. The predicted octanol–water partition coefficient (Wildman–Crippen LogP) is 2.00. The number of phenols is 1. The molecule has 12 heteroatoms. The van der Waals surface area contributed by atoms with Crippen LogP contribution < -0.4 is 16.0 Å². The van der Waals surface area contributed by atoms with Crippen LogP contribution in [0, 0.1) is 6.92 Å². The zero-order chi connectivity index (χ0) is 27.1. The minimum atomic E-state index is -1.48. The van der Waals surface area contributed by atoms with Gasteiger partial charge in [-0.3, -0.25) is 14.4 Å². The van der Waals surface area contributed by atoms with E-state index in [1.54, 1.807) is 19.1 Å². The van der Waals surface area contributed by atoms with Crippen LogP contribution in [0.4, 0.5) is 0 Å². The van der Waals surface area contributed by atoms with Crippen LogP contribution in [0.2, 0.25) is 0 Å². The van der Waals surface area contributed by atoms with E-state index in [2.05, 4.69) is 16.0 Å². The van der Waals surface area contributed by atoms with Crippen molar-refractivity contribution in [3.05, 3.63) is 86.6 Å². The van der Waals surface area contributed by atoms with Gasteiger partial charge in [0.1, 0.15) is 11.8 Å². The molecule has 0 radical (unpaired) electrons. The van der Waals surface area contributed by atoms with Gasteiger partial charge < -0.3 is 31.3 Å². The maximum Gasteiger partial charge on any atom is 0.335 e. The first-order valence-corrected chi connectivity index (χ1v) is 11.7. The summed E-state index contributed by atoms with van der Waals surface area (Å²) in [6.45, 7) is 1.30. The van der Waals surface area contributed by atoms with E-state index in [1.807, 2.05) is 0 Å². The van der Waals surface area contributed by atoms with Crippen LogP contribution in [-0.4, -0.2) is 57.6 Å². The van der Waals surface area contributed by atoms with Crippen LogP contribution >= 0.6 is 11.3 Å². The summed E-state index contributed by atoms with van der Waals surface area (Å²) in [6, 6.07) is 11.6. The number of rotatable bonds is 10. The molecule has 1 aromatic heterocycles. The molecule has 3 rings (SSSR count). The van der Waals surface area contributed by atoms with Crippen molar-refractivity contribution in [3.8, 4) is 5.75 Å². The molecule has 0 bridgehead atoms. The fourth-order valence-electron chi connectivity index (χ4n) is 3.27. The number of carbonyl (C=O) groups excluding carboxylic acids is 3. The Hall–Kier alpha value is -4.71. The van der Waals surface area contributed by atoms with Crippen LogP contribution in [0.3, 0.4) is 0 Å². The number of hydrogen-bond donors (Lipinski definition) is 6. The molecule has 0 saturated carbocycles. The van der Waals surface area contributed by atoms with Crippen LogP contribution in [0.15, 0.2) is 54.6 Å². The Morgan fingerprint density at radius 1 is 0.865 bits per heavy atom. The van der Waals surface area contributed by atoms with Gasteiger partial charge in [0.25, 0.3) is 17.7 Å². The zero-order valence-corrected chi connectivity index (χ0v) is 20.3. The standard InChI is InChI=1S/C25H23N3O8S/c1-13-8-19(22(31)26-11-14-4-2-7-17(29)9-14)37-20(13)23(32)28-18(25(35)36)12-27-21(30)15-5-3-6-16(10-15)24(33)34/h2-10,18,29H,11-12H2,1H3,(H,26,31)(H,27,30)(H,28,32)(H,33,34)(H,35,36)/t18-/m0/s1. The van der Waals surface area contributed by atoms with Crippen molar-refractivity contribution in [2.24, 2.45) is 0 Å². The number of amides is 3. The van der Waals surface area contributed by atoms with Crippen molar-refractivity contribution in [2.45, 2.75) is 19.5 Å². The highest BCUT2D eigenvalue weighted by molar-refractivity contribution is 7.16. The molecule has 37 heavy (non-hydrogen) atoms. The van der Waals surface area contributed by atoms with Crippen LogP contribution in [0.25, 0.3) is 0 Å². The number of nitrogens with one attached hydrogen (secondary N) is 3. The first kappa shape index (κ1) is 26.9. The third-order valence-corrected chi connectivity index (χ3v) is 6.39. The molecule has 0 fully saturated rings. The summed E-state index contributed by atoms with van der Waals surface area (Å²) in [5.41, 5.74) is 1.06. The van der Waals surface area contributed by atoms with Crippen LogP contribution in [-0.2, 0) is 11.3 Å². The summed E-state index contributed by atoms with van der Waals surface area (Å²) < 4.78 is 0. The first-order valence-electron chi connectivity index (χ1n) is 10.9. The van der Waals surface area contributed by atoms with Gasteiger partial charge in [-0.25, -0.2) is 9.59 Å². The van der Waals surface area contributed by atoms with Crippen LogP contribution in [0.1, 0.15) is 51.2 Å². The number of thiophene rings is 1. The molecule has 0 aliphatic rings. The number of carboxylic acid groups (broad SMARTS) is 2. The summed E-state index contributed by atoms with van der Waals surface area (Å²) in [7, 11) is 0. The lowest BCUT2D eigenvalue weighted by atomic mass is 10.1. The maximum atomic E-state index is 12.8. The van der Waals surface area contributed by atoms with Gasteiger partial charge in [-0.05, 0) is 54.4 Å². The monoisotopic (exact) mass is 525 g/mol. The van der Waals surface area contributed by atoms with Crippen molar-refractivity contribution in [2.75, 3.05) is 6.54 Å². The average Bonchev–Trinajstić information content (AvgIpc) is 3.26. The van der Waals surface area contributed by atoms with Gasteiger partial charge in [0, 0.05) is 18.7 Å². The number of hydrogen-bond acceptors (Lipinski definition) is 7. The molecule has 1 heterocycles. The molecule has 3 amide bonds. The Balaban J connectivity index is 1.62. The van der Waals surface area contributed by atoms with E-state index in [0.29, 0.717) is 11.1 Å². The summed E-state index contributed by atoms with van der Waals surface area (Å²) in [5, 5.41) is 35.5. The molecule has 2 aromatic carbocycles. The molecule has 11 nitrogen and oxygen atoms in total. The fourth-order valence-corrected chi connectivity index (χ4v) is 4.26. The zero-order valence-electron chi connectivity index (χ0n) is 19.5. The largest absolute Gasteiger partial charge is 0.508 e. The van der Waals surface area contributed by atoms with E-state index in [9.17, 15) is 34.2 Å². The molecule has 0 unspecified atom stereocenters. The molecule has 1 atom stereocenters. The minimum absolute atomic E-state index is 0.0193. The number of carbonyl (C=O) groups is 5. The minimum Gasteiger partial charge on any atom is -0.508 e. The van der Waals surface area contributed by atoms with E-state index in [0.717, 1.165) is 17.4 Å². The summed E-state index contributed by atoms with van der Waals surface area (Å²) in [5.74, 6) is -4.43. The van der Waals surface area contributed by atoms with Gasteiger partial charge in [0.05, 0.1) is 15.3 Å². The van der Waals surface area contributed by atoms with Gasteiger partial charge in [-0.2, -0.15) is 0 Å². The SMILES string of the molecule is Cc1cc(C(=O)NCc2cccc(O)c2)sc1C(=O)N[C@@H](CNC(=O)c1cccc(C(=O)O)c1)C(=O)O. The third-order valence-electron chi connectivity index (χ3n) is 5.15.